The molecular formula is C19H26N2. The van der Waals surface area contributed by atoms with E-state index in [9.17, 15) is 0 Å². The third-order valence-corrected chi connectivity index (χ3v) is 4.75. The van der Waals surface area contributed by atoms with Gasteiger partial charge in [-0.2, -0.15) is 0 Å². The monoisotopic (exact) mass is 282 g/mol. The van der Waals surface area contributed by atoms with Crippen molar-refractivity contribution in [2.45, 2.75) is 25.8 Å². The molecule has 0 saturated carbocycles. The summed E-state index contributed by atoms with van der Waals surface area (Å²) in [5.74, 6) is 0.715. The Hall–Kier alpha value is -1.38. The van der Waals surface area contributed by atoms with Crippen LogP contribution in [-0.2, 0) is 0 Å². The normalized spacial score (nSPS) is 23.0. The van der Waals surface area contributed by atoms with Crippen molar-refractivity contribution in [1.29, 1.82) is 0 Å². The van der Waals surface area contributed by atoms with Crippen LogP contribution in [0, 0.1) is 5.92 Å². The zero-order valence-electron chi connectivity index (χ0n) is 13.2. The zero-order valence-corrected chi connectivity index (χ0v) is 13.2. The van der Waals surface area contributed by atoms with Crippen molar-refractivity contribution in [1.82, 2.24) is 10.2 Å². The lowest BCUT2D eigenvalue weighted by Crippen LogP contribution is -2.29. The van der Waals surface area contributed by atoms with E-state index in [4.69, 9.17) is 0 Å². The highest BCUT2D eigenvalue weighted by atomic mass is 15.2. The minimum absolute atomic E-state index is 0.542. The second-order valence-electron chi connectivity index (χ2n) is 6.25. The summed E-state index contributed by atoms with van der Waals surface area (Å²) in [6, 6.07) is 16.1. The fraction of sp³-hybridized carbons (Fsp3) is 0.474. The van der Waals surface area contributed by atoms with Crippen molar-refractivity contribution in [2.24, 2.45) is 5.92 Å². The molecule has 2 aromatic rings. The van der Waals surface area contributed by atoms with Crippen LogP contribution in [0.1, 0.15) is 31.4 Å². The molecule has 2 atom stereocenters. The lowest BCUT2D eigenvalue weighted by molar-refractivity contribution is 0.274. The predicted octanol–water partition coefficient (Wildman–Crippen LogP) is 3.83. The fourth-order valence-electron chi connectivity index (χ4n) is 3.70. The van der Waals surface area contributed by atoms with Gasteiger partial charge in [0.25, 0.3) is 0 Å². The van der Waals surface area contributed by atoms with Gasteiger partial charge in [-0.1, -0.05) is 49.4 Å². The Bertz CT molecular complexity index is 588. The van der Waals surface area contributed by atoms with Gasteiger partial charge in [-0.05, 0) is 61.8 Å². The number of benzene rings is 2. The van der Waals surface area contributed by atoms with Gasteiger partial charge in [0.15, 0.2) is 0 Å². The van der Waals surface area contributed by atoms with Gasteiger partial charge in [0.1, 0.15) is 0 Å². The molecule has 1 heterocycles. The average molecular weight is 282 g/mol. The Morgan fingerprint density at radius 2 is 1.95 bits per heavy atom. The number of hydrogen-bond acceptors (Lipinski definition) is 2. The molecule has 0 aliphatic carbocycles. The number of fused-ring (bicyclic) bond motifs is 1. The number of nitrogens with zero attached hydrogens (tertiary/aromatic N) is 1. The van der Waals surface area contributed by atoms with E-state index in [2.05, 4.69) is 66.7 Å². The summed E-state index contributed by atoms with van der Waals surface area (Å²) in [5.41, 5.74) is 1.50. The molecule has 0 radical (unpaired) electrons. The van der Waals surface area contributed by atoms with E-state index in [1.807, 2.05) is 0 Å². The summed E-state index contributed by atoms with van der Waals surface area (Å²) in [6.45, 7) is 5.69. The summed E-state index contributed by atoms with van der Waals surface area (Å²) < 4.78 is 0. The van der Waals surface area contributed by atoms with Gasteiger partial charge in [0.05, 0.1) is 0 Å². The average Bonchev–Trinajstić information content (AvgIpc) is 2.88. The van der Waals surface area contributed by atoms with Crippen LogP contribution in [0.15, 0.2) is 42.5 Å². The first-order chi connectivity index (χ1) is 10.3. The minimum Gasteiger partial charge on any atom is -0.316 e. The van der Waals surface area contributed by atoms with E-state index in [0.29, 0.717) is 12.0 Å². The lowest BCUT2D eigenvalue weighted by Gasteiger charge is -2.27. The van der Waals surface area contributed by atoms with Gasteiger partial charge in [-0.15, -0.1) is 0 Å². The first-order valence-electron chi connectivity index (χ1n) is 8.20. The summed E-state index contributed by atoms with van der Waals surface area (Å²) >= 11 is 0. The van der Waals surface area contributed by atoms with Gasteiger partial charge in [0, 0.05) is 6.04 Å². The van der Waals surface area contributed by atoms with Crippen LogP contribution in [0.5, 0.6) is 0 Å². The molecule has 1 aliphatic rings. The number of rotatable bonds is 5. The smallest absolute Gasteiger partial charge is 0.0391 e. The van der Waals surface area contributed by atoms with E-state index < -0.39 is 0 Å². The Kier molecular flexibility index (Phi) is 4.57. The minimum atomic E-state index is 0.542. The van der Waals surface area contributed by atoms with E-state index >= 15 is 0 Å². The standard InChI is InChI=1S/C19H26N2/c1-3-12-20-14-16-11-13-21(2)19(16)18-10-6-8-15-7-4-5-9-17(15)18/h4-10,16,19-20H,3,11-14H2,1-2H3. The topological polar surface area (TPSA) is 15.3 Å². The van der Waals surface area contributed by atoms with Crippen molar-refractivity contribution < 1.29 is 0 Å². The second kappa shape index (κ2) is 6.59. The molecule has 1 fully saturated rings. The SMILES string of the molecule is CCCNCC1CCN(C)C1c1cccc2ccccc12. The summed E-state index contributed by atoms with van der Waals surface area (Å²) in [7, 11) is 2.27. The summed E-state index contributed by atoms with van der Waals surface area (Å²) in [4.78, 5) is 2.53. The molecule has 1 saturated heterocycles. The fourth-order valence-corrected chi connectivity index (χ4v) is 3.70. The molecule has 2 unspecified atom stereocenters. The van der Waals surface area contributed by atoms with Crippen LogP contribution in [0.25, 0.3) is 10.8 Å². The lowest BCUT2D eigenvalue weighted by atomic mass is 9.90. The Morgan fingerprint density at radius 3 is 2.81 bits per heavy atom. The Morgan fingerprint density at radius 1 is 1.14 bits per heavy atom. The first-order valence-corrected chi connectivity index (χ1v) is 8.20. The molecular weight excluding hydrogens is 256 g/mol. The maximum atomic E-state index is 3.62. The van der Waals surface area contributed by atoms with Gasteiger partial charge in [0.2, 0.25) is 0 Å². The van der Waals surface area contributed by atoms with E-state index in [-0.39, 0.29) is 0 Å². The van der Waals surface area contributed by atoms with Crippen molar-refractivity contribution in [3.63, 3.8) is 0 Å². The molecule has 0 amide bonds. The maximum Gasteiger partial charge on any atom is 0.0391 e. The maximum absolute atomic E-state index is 3.62. The van der Waals surface area contributed by atoms with E-state index in [1.54, 1.807) is 0 Å². The first kappa shape index (κ1) is 14.6. The molecule has 112 valence electrons. The third kappa shape index (κ3) is 2.97. The van der Waals surface area contributed by atoms with Crippen molar-refractivity contribution in [3.8, 4) is 0 Å². The molecule has 2 heteroatoms. The molecule has 2 aromatic carbocycles. The highest BCUT2D eigenvalue weighted by molar-refractivity contribution is 5.86. The molecule has 1 aliphatic heterocycles. The molecule has 1 N–H and O–H groups in total. The molecule has 0 bridgehead atoms. The van der Waals surface area contributed by atoms with E-state index in [0.717, 1.165) is 13.1 Å². The third-order valence-electron chi connectivity index (χ3n) is 4.75. The number of hydrogen-bond donors (Lipinski definition) is 1. The van der Waals surface area contributed by atoms with Crippen molar-refractivity contribution in [3.05, 3.63) is 48.0 Å². The predicted molar refractivity (Wildman–Crippen MR) is 90.6 cm³/mol. The zero-order chi connectivity index (χ0) is 14.7. The van der Waals surface area contributed by atoms with Gasteiger partial charge in [-0.3, -0.25) is 4.90 Å². The van der Waals surface area contributed by atoms with Crippen LogP contribution in [-0.4, -0.2) is 31.6 Å². The van der Waals surface area contributed by atoms with Gasteiger partial charge < -0.3 is 5.32 Å². The largest absolute Gasteiger partial charge is 0.316 e. The quantitative estimate of drug-likeness (QED) is 0.838. The Labute approximate surface area is 128 Å². The van der Waals surface area contributed by atoms with Crippen LogP contribution in [0.3, 0.4) is 0 Å². The summed E-state index contributed by atoms with van der Waals surface area (Å²) in [6.07, 6.45) is 2.50. The van der Waals surface area contributed by atoms with Gasteiger partial charge in [-0.25, -0.2) is 0 Å². The molecule has 0 aromatic heterocycles. The van der Waals surface area contributed by atoms with Crippen LogP contribution in [0.4, 0.5) is 0 Å². The molecule has 21 heavy (non-hydrogen) atoms. The van der Waals surface area contributed by atoms with E-state index in [1.165, 1.54) is 35.7 Å². The van der Waals surface area contributed by atoms with Crippen LogP contribution < -0.4 is 5.32 Å². The molecule has 0 spiro atoms. The molecule has 3 rings (SSSR count). The Balaban J connectivity index is 1.91. The number of likely N-dealkylation sites (tertiary alicyclic amines) is 1. The summed E-state index contributed by atoms with van der Waals surface area (Å²) in [5, 5.41) is 6.39. The van der Waals surface area contributed by atoms with Crippen molar-refractivity contribution >= 4 is 10.8 Å². The van der Waals surface area contributed by atoms with Crippen LogP contribution in [0.2, 0.25) is 0 Å². The number of nitrogens with one attached hydrogen (secondary N) is 1. The highest BCUT2D eigenvalue weighted by Crippen LogP contribution is 2.38. The van der Waals surface area contributed by atoms with Gasteiger partial charge >= 0.3 is 0 Å². The highest BCUT2D eigenvalue weighted by Gasteiger charge is 2.33. The second-order valence-corrected chi connectivity index (χ2v) is 6.25. The molecule has 2 nitrogen and oxygen atoms in total. The van der Waals surface area contributed by atoms with Crippen molar-refractivity contribution in [2.75, 3.05) is 26.7 Å². The van der Waals surface area contributed by atoms with Crippen LogP contribution >= 0.6 is 0 Å².